The van der Waals surface area contributed by atoms with Crippen molar-refractivity contribution >= 4 is 5.97 Å². The van der Waals surface area contributed by atoms with Crippen LogP contribution >= 0.6 is 0 Å². The molecular formula is C12H16O4. The van der Waals surface area contributed by atoms with Gasteiger partial charge in [-0.2, -0.15) is 0 Å². The van der Waals surface area contributed by atoms with Crippen LogP contribution in [0.1, 0.15) is 19.8 Å². The molecule has 4 nitrogen and oxygen atoms in total. The average molecular weight is 224 g/mol. The maximum absolute atomic E-state index is 11.2. The first-order chi connectivity index (χ1) is 7.71. The topological polar surface area (TPSA) is 44.8 Å². The average Bonchev–Trinajstić information content (AvgIpc) is 2.30. The predicted molar refractivity (Wildman–Crippen MR) is 55.8 cm³/mol. The maximum Gasteiger partial charge on any atom is 0.303 e. The van der Waals surface area contributed by atoms with E-state index in [9.17, 15) is 4.79 Å². The molecule has 1 saturated carbocycles. The molecule has 0 aromatic rings. The normalized spacial score (nSPS) is 45.2. The van der Waals surface area contributed by atoms with Gasteiger partial charge in [0, 0.05) is 12.8 Å². The molecular weight excluding hydrogens is 208 g/mol. The second-order valence-corrected chi connectivity index (χ2v) is 4.74. The molecule has 4 heteroatoms. The molecule has 1 aliphatic heterocycles. The number of rotatable bonds is 1. The van der Waals surface area contributed by atoms with Crippen LogP contribution in [0, 0.1) is 5.92 Å². The van der Waals surface area contributed by atoms with Crippen LogP contribution in [0.2, 0.25) is 0 Å². The molecule has 3 aliphatic carbocycles. The summed E-state index contributed by atoms with van der Waals surface area (Å²) in [6.45, 7) is 2.67. The molecule has 4 atom stereocenters. The van der Waals surface area contributed by atoms with Gasteiger partial charge in [0.2, 0.25) is 0 Å². The monoisotopic (exact) mass is 224 g/mol. The number of esters is 1. The van der Waals surface area contributed by atoms with Gasteiger partial charge in [0.05, 0.1) is 19.3 Å². The van der Waals surface area contributed by atoms with Crippen LogP contribution in [0.25, 0.3) is 0 Å². The fraction of sp³-hybridized carbons (Fsp3) is 0.750. The number of ether oxygens (including phenoxy) is 3. The summed E-state index contributed by atoms with van der Waals surface area (Å²) >= 11 is 0. The van der Waals surface area contributed by atoms with E-state index < -0.39 is 5.60 Å². The van der Waals surface area contributed by atoms with Crippen molar-refractivity contribution in [3.05, 3.63) is 12.2 Å². The molecule has 1 heterocycles. The highest BCUT2D eigenvalue weighted by atomic mass is 16.6. The highest BCUT2D eigenvalue weighted by Crippen LogP contribution is 2.45. The number of hydrogen-bond donors (Lipinski definition) is 0. The Morgan fingerprint density at radius 3 is 2.94 bits per heavy atom. The lowest BCUT2D eigenvalue weighted by Crippen LogP contribution is -2.62. The van der Waals surface area contributed by atoms with Crippen LogP contribution < -0.4 is 0 Å². The highest BCUT2D eigenvalue weighted by Gasteiger charge is 2.55. The van der Waals surface area contributed by atoms with Crippen molar-refractivity contribution < 1.29 is 19.0 Å². The summed E-state index contributed by atoms with van der Waals surface area (Å²) in [7, 11) is 0. The van der Waals surface area contributed by atoms with Gasteiger partial charge in [0.25, 0.3) is 0 Å². The van der Waals surface area contributed by atoms with E-state index in [1.807, 2.05) is 6.08 Å². The molecule has 2 fully saturated rings. The summed E-state index contributed by atoms with van der Waals surface area (Å²) in [5, 5.41) is 0. The summed E-state index contributed by atoms with van der Waals surface area (Å²) in [5.41, 5.74) is -0.578. The van der Waals surface area contributed by atoms with Crippen LogP contribution in [0.4, 0.5) is 0 Å². The number of fused-ring (bicyclic) bond motifs is 1. The van der Waals surface area contributed by atoms with Gasteiger partial charge in [-0.15, -0.1) is 0 Å². The Kier molecular flexibility index (Phi) is 2.30. The van der Waals surface area contributed by atoms with E-state index in [2.05, 4.69) is 6.08 Å². The van der Waals surface area contributed by atoms with E-state index >= 15 is 0 Å². The first-order valence-corrected chi connectivity index (χ1v) is 5.83. The van der Waals surface area contributed by atoms with Gasteiger partial charge in [-0.1, -0.05) is 6.08 Å². The Bertz CT molecular complexity index is 338. The van der Waals surface area contributed by atoms with E-state index in [4.69, 9.17) is 14.2 Å². The van der Waals surface area contributed by atoms with Gasteiger partial charge in [0.15, 0.2) is 5.60 Å². The molecule has 16 heavy (non-hydrogen) atoms. The fourth-order valence-corrected chi connectivity index (χ4v) is 3.09. The van der Waals surface area contributed by atoms with Crippen molar-refractivity contribution in [3.63, 3.8) is 0 Å². The lowest BCUT2D eigenvalue weighted by molar-refractivity contribution is -0.240. The Labute approximate surface area is 94.5 Å². The molecule has 0 spiro atoms. The smallest absolute Gasteiger partial charge is 0.303 e. The number of hydrogen-bond acceptors (Lipinski definition) is 4. The molecule has 2 bridgehead atoms. The van der Waals surface area contributed by atoms with Gasteiger partial charge in [-0.3, -0.25) is 4.79 Å². The predicted octanol–water partition coefficient (Wildman–Crippen LogP) is 1.05. The zero-order valence-electron chi connectivity index (χ0n) is 9.35. The SMILES string of the molecule is CC(=O)OC12C=CC(CC1)C1OCCOC12. The summed E-state index contributed by atoms with van der Waals surface area (Å²) in [4.78, 5) is 11.2. The van der Waals surface area contributed by atoms with Gasteiger partial charge < -0.3 is 14.2 Å². The Morgan fingerprint density at radius 2 is 2.25 bits per heavy atom. The van der Waals surface area contributed by atoms with Crippen molar-refractivity contribution in [2.24, 2.45) is 5.92 Å². The minimum Gasteiger partial charge on any atom is -0.452 e. The third kappa shape index (κ3) is 1.40. The zero-order valence-corrected chi connectivity index (χ0v) is 9.35. The van der Waals surface area contributed by atoms with E-state index in [-0.39, 0.29) is 18.2 Å². The van der Waals surface area contributed by atoms with Gasteiger partial charge in [0.1, 0.15) is 6.10 Å². The van der Waals surface area contributed by atoms with E-state index in [1.165, 1.54) is 6.92 Å². The fourth-order valence-electron chi connectivity index (χ4n) is 3.09. The number of carbonyl (C=O) groups is 1. The van der Waals surface area contributed by atoms with Crippen LogP contribution in [0.5, 0.6) is 0 Å². The molecule has 0 aromatic heterocycles. The minimum absolute atomic E-state index is 0.0619. The molecule has 88 valence electrons. The second kappa shape index (κ2) is 3.57. The van der Waals surface area contributed by atoms with Gasteiger partial charge >= 0.3 is 5.97 Å². The van der Waals surface area contributed by atoms with Crippen molar-refractivity contribution in [1.82, 2.24) is 0 Å². The Balaban J connectivity index is 1.93. The lowest BCUT2D eigenvalue weighted by atomic mass is 9.68. The van der Waals surface area contributed by atoms with Crippen LogP contribution in [-0.2, 0) is 19.0 Å². The molecule has 4 rings (SSSR count). The van der Waals surface area contributed by atoms with E-state index in [0.29, 0.717) is 19.1 Å². The van der Waals surface area contributed by atoms with Crippen molar-refractivity contribution in [2.75, 3.05) is 13.2 Å². The molecule has 0 N–H and O–H groups in total. The standard InChI is InChI=1S/C12H16O4/c1-8(13)16-12-4-2-9(3-5-12)10-11(12)15-7-6-14-10/h2,4,9-11H,3,5-7H2,1H3. The summed E-state index contributed by atoms with van der Waals surface area (Å²) in [6.07, 6.45) is 5.91. The molecule has 1 saturated heterocycles. The van der Waals surface area contributed by atoms with Crippen molar-refractivity contribution in [1.29, 1.82) is 0 Å². The molecule has 0 amide bonds. The minimum atomic E-state index is -0.578. The van der Waals surface area contributed by atoms with Gasteiger partial charge in [-0.05, 0) is 18.9 Å². The quantitative estimate of drug-likeness (QED) is 0.493. The largest absolute Gasteiger partial charge is 0.452 e. The summed E-state index contributed by atoms with van der Waals surface area (Å²) in [5.74, 6) is 0.167. The van der Waals surface area contributed by atoms with E-state index in [0.717, 1.165) is 12.8 Å². The Hall–Kier alpha value is -0.870. The highest BCUT2D eigenvalue weighted by molar-refractivity contribution is 5.67. The van der Waals surface area contributed by atoms with Crippen LogP contribution in [0.15, 0.2) is 12.2 Å². The van der Waals surface area contributed by atoms with Crippen LogP contribution in [-0.4, -0.2) is 37.0 Å². The van der Waals surface area contributed by atoms with Crippen molar-refractivity contribution in [2.45, 2.75) is 37.6 Å². The number of carbonyl (C=O) groups excluding carboxylic acids is 1. The second-order valence-electron chi connectivity index (χ2n) is 4.74. The summed E-state index contributed by atoms with van der Waals surface area (Å²) in [6, 6.07) is 0. The molecule has 4 unspecified atom stereocenters. The third-order valence-corrected chi connectivity index (χ3v) is 3.72. The van der Waals surface area contributed by atoms with Crippen molar-refractivity contribution in [3.8, 4) is 0 Å². The lowest BCUT2D eigenvalue weighted by Gasteiger charge is -2.52. The zero-order chi connectivity index (χ0) is 11.2. The first-order valence-electron chi connectivity index (χ1n) is 5.83. The molecule has 0 aromatic carbocycles. The third-order valence-electron chi connectivity index (χ3n) is 3.72. The molecule has 4 aliphatic rings. The first kappa shape index (κ1) is 10.3. The summed E-state index contributed by atoms with van der Waals surface area (Å²) < 4.78 is 17.0. The van der Waals surface area contributed by atoms with Gasteiger partial charge in [-0.25, -0.2) is 0 Å². The van der Waals surface area contributed by atoms with Crippen LogP contribution in [0.3, 0.4) is 0 Å². The Morgan fingerprint density at radius 1 is 1.44 bits per heavy atom. The molecule has 0 radical (unpaired) electrons. The van der Waals surface area contributed by atoms with E-state index in [1.54, 1.807) is 0 Å². The maximum atomic E-state index is 11.2.